The minimum Gasteiger partial charge on any atom is -0.356 e. The highest BCUT2D eigenvalue weighted by molar-refractivity contribution is 5.95. The number of rotatable bonds is 8. The third kappa shape index (κ3) is 6.09. The number of halogens is 1. The van der Waals surface area contributed by atoms with Gasteiger partial charge in [0.2, 0.25) is 5.91 Å². The third-order valence-electron chi connectivity index (χ3n) is 6.12. The Morgan fingerprint density at radius 1 is 1.10 bits per heavy atom. The molecule has 1 aliphatic carbocycles. The van der Waals surface area contributed by atoms with Gasteiger partial charge in [-0.3, -0.25) is 9.59 Å². The molecule has 1 heterocycles. The van der Waals surface area contributed by atoms with Crippen LogP contribution in [0.5, 0.6) is 0 Å². The lowest BCUT2D eigenvalue weighted by Crippen LogP contribution is -2.33. The van der Waals surface area contributed by atoms with Crippen molar-refractivity contribution in [3.8, 4) is 0 Å². The SMILES string of the molecule is CCN(CC)C(=O)c1cncnc1C1CCC(CNC(=O)Cc2ccc(F)cc2)CC1. The van der Waals surface area contributed by atoms with Gasteiger partial charge in [-0.05, 0) is 63.1 Å². The smallest absolute Gasteiger partial charge is 0.257 e. The standard InChI is InChI=1S/C24H31FN4O2/c1-3-29(4-2)24(31)21-15-26-16-28-23(21)19-9-5-18(6-10-19)14-27-22(30)13-17-7-11-20(25)12-8-17/h7-8,11-12,15-16,18-19H,3-6,9-10,13-14H2,1-2H3,(H,27,30). The molecule has 0 bridgehead atoms. The van der Waals surface area contributed by atoms with E-state index in [1.165, 1.54) is 18.5 Å². The van der Waals surface area contributed by atoms with Gasteiger partial charge in [-0.1, -0.05) is 12.1 Å². The summed E-state index contributed by atoms with van der Waals surface area (Å²) in [6.45, 7) is 5.91. The maximum absolute atomic E-state index is 13.0. The number of amides is 2. The second kappa shape index (κ2) is 11.0. The normalized spacial score (nSPS) is 18.4. The van der Waals surface area contributed by atoms with Crippen LogP contribution in [0.25, 0.3) is 0 Å². The summed E-state index contributed by atoms with van der Waals surface area (Å²) >= 11 is 0. The Kier molecular flexibility index (Phi) is 8.09. The molecular weight excluding hydrogens is 395 g/mol. The van der Waals surface area contributed by atoms with Crippen molar-refractivity contribution in [1.29, 1.82) is 0 Å². The Balaban J connectivity index is 1.51. The molecule has 2 amide bonds. The summed E-state index contributed by atoms with van der Waals surface area (Å²) in [7, 11) is 0. The largest absolute Gasteiger partial charge is 0.356 e. The number of benzene rings is 1. The number of aromatic nitrogens is 2. The summed E-state index contributed by atoms with van der Waals surface area (Å²) in [5.74, 6) is 0.305. The van der Waals surface area contributed by atoms with Crippen molar-refractivity contribution in [1.82, 2.24) is 20.2 Å². The Bertz CT molecular complexity index is 875. The second-order valence-corrected chi connectivity index (χ2v) is 8.12. The van der Waals surface area contributed by atoms with E-state index in [4.69, 9.17) is 0 Å². The van der Waals surface area contributed by atoms with E-state index in [2.05, 4.69) is 15.3 Å². The molecule has 1 N–H and O–H groups in total. The first-order valence-electron chi connectivity index (χ1n) is 11.1. The maximum Gasteiger partial charge on any atom is 0.257 e. The van der Waals surface area contributed by atoms with E-state index >= 15 is 0 Å². The van der Waals surface area contributed by atoms with Crippen molar-refractivity contribution in [2.24, 2.45) is 5.92 Å². The van der Waals surface area contributed by atoms with Crippen LogP contribution in [0, 0.1) is 11.7 Å². The molecule has 1 aliphatic rings. The number of nitrogens with one attached hydrogen (secondary N) is 1. The van der Waals surface area contributed by atoms with Gasteiger partial charge in [-0.15, -0.1) is 0 Å². The molecule has 2 aromatic rings. The molecule has 31 heavy (non-hydrogen) atoms. The van der Waals surface area contributed by atoms with Crippen LogP contribution in [0.2, 0.25) is 0 Å². The highest BCUT2D eigenvalue weighted by atomic mass is 19.1. The number of nitrogens with zero attached hydrogens (tertiary/aromatic N) is 3. The maximum atomic E-state index is 13.0. The van der Waals surface area contributed by atoms with E-state index in [0.29, 0.717) is 31.1 Å². The molecular formula is C24H31FN4O2. The lowest BCUT2D eigenvalue weighted by Gasteiger charge is -2.29. The number of carbonyl (C=O) groups is 2. The highest BCUT2D eigenvalue weighted by Gasteiger charge is 2.28. The summed E-state index contributed by atoms with van der Waals surface area (Å²) in [6.07, 6.45) is 7.26. The van der Waals surface area contributed by atoms with Gasteiger partial charge in [-0.2, -0.15) is 0 Å². The summed E-state index contributed by atoms with van der Waals surface area (Å²) in [6, 6.07) is 6.02. The van der Waals surface area contributed by atoms with E-state index in [-0.39, 0.29) is 30.0 Å². The molecule has 1 saturated carbocycles. The summed E-state index contributed by atoms with van der Waals surface area (Å²) in [4.78, 5) is 35.4. The predicted molar refractivity (Wildman–Crippen MR) is 117 cm³/mol. The monoisotopic (exact) mass is 426 g/mol. The van der Waals surface area contributed by atoms with Crippen LogP contribution in [0.4, 0.5) is 4.39 Å². The van der Waals surface area contributed by atoms with Gasteiger partial charge in [0.1, 0.15) is 12.1 Å². The zero-order valence-electron chi connectivity index (χ0n) is 18.3. The first kappa shape index (κ1) is 22.8. The second-order valence-electron chi connectivity index (χ2n) is 8.12. The number of hydrogen-bond acceptors (Lipinski definition) is 4. The fourth-order valence-electron chi connectivity index (χ4n) is 4.26. The van der Waals surface area contributed by atoms with Crippen molar-refractivity contribution in [2.45, 2.75) is 51.9 Å². The minimum atomic E-state index is -0.299. The third-order valence-corrected chi connectivity index (χ3v) is 6.12. The average Bonchev–Trinajstić information content (AvgIpc) is 2.80. The van der Waals surface area contributed by atoms with Gasteiger partial charge >= 0.3 is 0 Å². The molecule has 1 fully saturated rings. The van der Waals surface area contributed by atoms with Crippen LogP contribution in [0.1, 0.15) is 67.1 Å². The molecule has 166 valence electrons. The molecule has 0 radical (unpaired) electrons. The van der Waals surface area contributed by atoms with E-state index < -0.39 is 0 Å². The van der Waals surface area contributed by atoms with Crippen molar-refractivity contribution in [2.75, 3.05) is 19.6 Å². The van der Waals surface area contributed by atoms with Gasteiger partial charge in [0.15, 0.2) is 0 Å². The van der Waals surface area contributed by atoms with Crippen LogP contribution in [0.15, 0.2) is 36.8 Å². The van der Waals surface area contributed by atoms with Crippen LogP contribution in [-0.2, 0) is 11.2 Å². The van der Waals surface area contributed by atoms with Gasteiger partial charge in [-0.25, -0.2) is 14.4 Å². The molecule has 0 spiro atoms. The molecule has 0 aliphatic heterocycles. The zero-order valence-corrected chi connectivity index (χ0v) is 18.3. The van der Waals surface area contributed by atoms with Crippen molar-refractivity contribution in [3.05, 3.63) is 59.4 Å². The van der Waals surface area contributed by atoms with E-state index in [1.807, 2.05) is 13.8 Å². The van der Waals surface area contributed by atoms with Crippen molar-refractivity contribution in [3.63, 3.8) is 0 Å². The molecule has 0 unspecified atom stereocenters. The first-order chi connectivity index (χ1) is 15.0. The van der Waals surface area contributed by atoms with E-state index in [1.54, 1.807) is 23.2 Å². The Hall–Kier alpha value is -2.83. The Labute approximate surface area is 183 Å². The molecule has 0 atom stereocenters. The fraction of sp³-hybridized carbons (Fsp3) is 0.500. The molecule has 3 rings (SSSR count). The predicted octanol–water partition coefficient (Wildman–Crippen LogP) is 3.73. The molecule has 7 heteroatoms. The zero-order chi connectivity index (χ0) is 22.2. The summed E-state index contributed by atoms with van der Waals surface area (Å²) in [5.41, 5.74) is 2.27. The fourth-order valence-corrected chi connectivity index (χ4v) is 4.26. The van der Waals surface area contributed by atoms with E-state index in [0.717, 1.165) is 36.9 Å². The molecule has 0 saturated heterocycles. The lowest BCUT2D eigenvalue weighted by molar-refractivity contribution is -0.120. The van der Waals surface area contributed by atoms with Crippen molar-refractivity contribution < 1.29 is 14.0 Å². The Morgan fingerprint density at radius 2 is 1.77 bits per heavy atom. The molecule has 1 aromatic heterocycles. The first-order valence-corrected chi connectivity index (χ1v) is 11.1. The van der Waals surface area contributed by atoms with Crippen LogP contribution >= 0.6 is 0 Å². The number of hydrogen-bond donors (Lipinski definition) is 1. The van der Waals surface area contributed by atoms with Crippen molar-refractivity contribution >= 4 is 11.8 Å². The van der Waals surface area contributed by atoms with Gasteiger partial charge in [0.05, 0.1) is 17.7 Å². The average molecular weight is 427 g/mol. The summed E-state index contributed by atoms with van der Waals surface area (Å²) < 4.78 is 13.0. The quantitative estimate of drug-likeness (QED) is 0.698. The lowest BCUT2D eigenvalue weighted by atomic mass is 9.79. The van der Waals surface area contributed by atoms with E-state index in [9.17, 15) is 14.0 Å². The van der Waals surface area contributed by atoms with Gasteiger partial charge < -0.3 is 10.2 Å². The minimum absolute atomic E-state index is 0.00391. The van der Waals surface area contributed by atoms with Crippen LogP contribution in [0.3, 0.4) is 0 Å². The van der Waals surface area contributed by atoms with Crippen LogP contribution in [-0.4, -0.2) is 46.3 Å². The molecule has 1 aromatic carbocycles. The molecule has 6 nitrogen and oxygen atoms in total. The van der Waals surface area contributed by atoms with Crippen LogP contribution < -0.4 is 5.32 Å². The highest BCUT2D eigenvalue weighted by Crippen LogP contribution is 2.36. The van der Waals surface area contributed by atoms with Gasteiger partial charge in [0, 0.05) is 31.7 Å². The van der Waals surface area contributed by atoms with Gasteiger partial charge in [0.25, 0.3) is 5.91 Å². The Morgan fingerprint density at radius 3 is 2.42 bits per heavy atom. The topological polar surface area (TPSA) is 75.2 Å². The number of carbonyl (C=O) groups excluding carboxylic acids is 2. The summed E-state index contributed by atoms with van der Waals surface area (Å²) in [5, 5.41) is 3.01.